The van der Waals surface area contributed by atoms with Crippen molar-refractivity contribution in [2.24, 2.45) is 0 Å². The van der Waals surface area contributed by atoms with E-state index in [2.05, 4.69) is 15.3 Å². The van der Waals surface area contributed by atoms with Crippen molar-refractivity contribution in [3.8, 4) is 0 Å². The van der Waals surface area contributed by atoms with Crippen LogP contribution in [0, 0.1) is 6.92 Å². The SMILES string of the molecule is CCOC(=O)c1ccccc1Nc1nc(N)c(C(=O)c2cnccc2C)s1. The summed E-state index contributed by atoms with van der Waals surface area (Å²) in [5, 5.41) is 3.46. The highest BCUT2D eigenvalue weighted by Gasteiger charge is 2.21. The number of carbonyl (C=O) groups is 2. The number of aromatic nitrogens is 2. The fourth-order valence-electron chi connectivity index (χ4n) is 2.47. The van der Waals surface area contributed by atoms with Gasteiger partial charge in [0, 0.05) is 18.0 Å². The number of nitrogens with one attached hydrogen (secondary N) is 1. The predicted octanol–water partition coefficient (Wildman–Crippen LogP) is 3.58. The normalized spacial score (nSPS) is 10.4. The van der Waals surface area contributed by atoms with Gasteiger partial charge in [-0.1, -0.05) is 23.5 Å². The molecule has 0 unspecified atom stereocenters. The van der Waals surface area contributed by atoms with Crippen molar-refractivity contribution in [1.82, 2.24) is 9.97 Å². The van der Waals surface area contributed by atoms with Crippen molar-refractivity contribution in [3.63, 3.8) is 0 Å². The van der Waals surface area contributed by atoms with E-state index in [1.54, 1.807) is 43.5 Å². The highest BCUT2D eigenvalue weighted by atomic mass is 32.1. The van der Waals surface area contributed by atoms with Crippen LogP contribution in [0.3, 0.4) is 0 Å². The number of nitrogens with zero attached hydrogens (tertiary/aromatic N) is 2. The highest BCUT2D eigenvalue weighted by molar-refractivity contribution is 7.18. The molecule has 3 rings (SSSR count). The molecule has 0 saturated carbocycles. The standard InChI is InChI=1S/C19H18N4O3S/c1-3-26-18(25)12-6-4-5-7-14(12)22-19-23-17(20)16(27-19)15(24)13-10-21-9-8-11(13)2/h4-10H,3,20H2,1-2H3,(H,22,23). The van der Waals surface area contributed by atoms with E-state index < -0.39 is 5.97 Å². The van der Waals surface area contributed by atoms with Crippen LogP contribution in [0.5, 0.6) is 0 Å². The third-order valence-electron chi connectivity index (χ3n) is 3.81. The van der Waals surface area contributed by atoms with E-state index in [0.29, 0.717) is 26.8 Å². The fraction of sp³-hybridized carbons (Fsp3) is 0.158. The Morgan fingerprint density at radius 1 is 1.22 bits per heavy atom. The number of pyridine rings is 1. The largest absolute Gasteiger partial charge is 0.462 e. The van der Waals surface area contributed by atoms with Gasteiger partial charge in [0.2, 0.25) is 5.78 Å². The average Bonchev–Trinajstić information content (AvgIpc) is 3.02. The van der Waals surface area contributed by atoms with Crippen LogP contribution < -0.4 is 11.1 Å². The lowest BCUT2D eigenvalue weighted by molar-refractivity contribution is 0.0527. The molecule has 0 bridgehead atoms. The minimum atomic E-state index is -0.438. The number of para-hydroxylation sites is 1. The minimum absolute atomic E-state index is 0.129. The Balaban J connectivity index is 1.89. The molecule has 8 heteroatoms. The molecule has 0 aliphatic heterocycles. The first-order valence-corrected chi connectivity index (χ1v) is 9.07. The molecule has 0 atom stereocenters. The van der Waals surface area contributed by atoms with E-state index >= 15 is 0 Å². The summed E-state index contributed by atoms with van der Waals surface area (Å²) in [5.41, 5.74) is 8.15. The number of nitrogen functional groups attached to an aromatic ring is 1. The second-order valence-electron chi connectivity index (χ2n) is 5.64. The molecule has 7 nitrogen and oxygen atoms in total. The van der Waals surface area contributed by atoms with Crippen LogP contribution in [0.15, 0.2) is 42.7 Å². The molecular weight excluding hydrogens is 364 g/mol. The summed E-state index contributed by atoms with van der Waals surface area (Å²) in [6, 6.07) is 8.68. The molecule has 3 N–H and O–H groups in total. The van der Waals surface area contributed by atoms with Gasteiger partial charge in [0.15, 0.2) is 5.13 Å². The first kappa shape index (κ1) is 18.5. The van der Waals surface area contributed by atoms with Gasteiger partial charge in [-0.3, -0.25) is 9.78 Å². The number of ketones is 1. The summed E-state index contributed by atoms with van der Waals surface area (Å²) in [6.45, 7) is 3.86. The zero-order chi connectivity index (χ0) is 19.4. The molecule has 27 heavy (non-hydrogen) atoms. The van der Waals surface area contributed by atoms with E-state index in [1.165, 1.54) is 6.20 Å². The minimum Gasteiger partial charge on any atom is -0.462 e. The van der Waals surface area contributed by atoms with E-state index in [9.17, 15) is 9.59 Å². The van der Waals surface area contributed by atoms with Gasteiger partial charge < -0.3 is 15.8 Å². The van der Waals surface area contributed by atoms with Gasteiger partial charge in [0.1, 0.15) is 10.7 Å². The van der Waals surface area contributed by atoms with Gasteiger partial charge in [0.25, 0.3) is 0 Å². The summed E-state index contributed by atoms with van der Waals surface area (Å²) < 4.78 is 5.06. The zero-order valence-corrected chi connectivity index (χ0v) is 15.7. The smallest absolute Gasteiger partial charge is 0.340 e. The Kier molecular flexibility index (Phi) is 5.46. The number of ether oxygens (including phenoxy) is 1. The molecule has 0 spiro atoms. The molecule has 1 aromatic carbocycles. The Morgan fingerprint density at radius 3 is 2.74 bits per heavy atom. The lowest BCUT2D eigenvalue weighted by Crippen LogP contribution is -2.07. The third kappa shape index (κ3) is 3.95. The maximum atomic E-state index is 12.8. The predicted molar refractivity (Wildman–Crippen MR) is 105 cm³/mol. The number of aryl methyl sites for hydroxylation is 1. The molecule has 0 amide bonds. The van der Waals surface area contributed by atoms with Crippen LogP contribution in [-0.2, 0) is 4.74 Å². The molecule has 0 aliphatic carbocycles. The molecule has 138 valence electrons. The van der Waals surface area contributed by atoms with Crippen molar-refractivity contribution in [2.45, 2.75) is 13.8 Å². The summed E-state index contributed by atoms with van der Waals surface area (Å²) in [4.78, 5) is 33.4. The first-order chi connectivity index (χ1) is 13.0. The molecule has 0 saturated heterocycles. The molecule has 0 radical (unpaired) electrons. The van der Waals surface area contributed by atoms with Crippen LogP contribution in [0.25, 0.3) is 0 Å². The van der Waals surface area contributed by atoms with Crippen LogP contribution >= 0.6 is 11.3 Å². The van der Waals surface area contributed by atoms with Crippen molar-refractivity contribution >= 4 is 39.7 Å². The monoisotopic (exact) mass is 382 g/mol. The number of rotatable bonds is 6. The number of esters is 1. The maximum absolute atomic E-state index is 12.8. The summed E-state index contributed by atoms with van der Waals surface area (Å²) in [7, 11) is 0. The van der Waals surface area contributed by atoms with Gasteiger partial charge in [-0.25, -0.2) is 9.78 Å². The first-order valence-electron chi connectivity index (χ1n) is 8.26. The van der Waals surface area contributed by atoms with Gasteiger partial charge in [-0.05, 0) is 37.6 Å². The van der Waals surface area contributed by atoms with E-state index in [0.717, 1.165) is 16.9 Å². The molecule has 0 aliphatic rings. The molecular formula is C19H18N4O3S. The number of benzene rings is 1. The second-order valence-corrected chi connectivity index (χ2v) is 6.64. The Hall–Kier alpha value is -3.26. The number of hydrogen-bond donors (Lipinski definition) is 2. The Labute approximate surface area is 160 Å². The van der Waals surface area contributed by atoms with Gasteiger partial charge >= 0.3 is 5.97 Å². The maximum Gasteiger partial charge on any atom is 0.340 e. The summed E-state index contributed by atoms with van der Waals surface area (Å²) in [5.74, 6) is -0.542. The lowest BCUT2D eigenvalue weighted by atomic mass is 10.1. The van der Waals surface area contributed by atoms with Gasteiger partial charge in [-0.2, -0.15) is 0 Å². The van der Waals surface area contributed by atoms with Crippen LogP contribution in [0.2, 0.25) is 0 Å². The van der Waals surface area contributed by atoms with Crippen molar-refractivity contribution in [3.05, 3.63) is 64.3 Å². The highest BCUT2D eigenvalue weighted by Crippen LogP contribution is 2.31. The molecule has 0 fully saturated rings. The molecule has 2 heterocycles. The fourth-order valence-corrected chi connectivity index (χ4v) is 3.32. The quantitative estimate of drug-likeness (QED) is 0.495. The van der Waals surface area contributed by atoms with Crippen molar-refractivity contribution < 1.29 is 14.3 Å². The number of hydrogen-bond acceptors (Lipinski definition) is 8. The third-order valence-corrected chi connectivity index (χ3v) is 4.79. The van der Waals surface area contributed by atoms with E-state index in [4.69, 9.17) is 10.5 Å². The van der Waals surface area contributed by atoms with Gasteiger partial charge in [0.05, 0.1) is 17.9 Å². The van der Waals surface area contributed by atoms with E-state index in [1.807, 2.05) is 6.92 Å². The topological polar surface area (TPSA) is 107 Å². The van der Waals surface area contributed by atoms with Crippen LogP contribution in [0.1, 0.15) is 38.1 Å². The summed E-state index contributed by atoms with van der Waals surface area (Å²) in [6.07, 6.45) is 3.14. The Bertz CT molecular complexity index is 1000. The van der Waals surface area contributed by atoms with Crippen molar-refractivity contribution in [1.29, 1.82) is 0 Å². The van der Waals surface area contributed by atoms with Crippen LogP contribution in [0.4, 0.5) is 16.6 Å². The lowest BCUT2D eigenvalue weighted by Gasteiger charge is -2.08. The number of anilines is 3. The number of thiazole rings is 1. The van der Waals surface area contributed by atoms with Crippen molar-refractivity contribution in [2.75, 3.05) is 17.7 Å². The Morgan fingerprint density at radius 2 is 2.00 bits per heavy atom. The van der Waals surface area contributed by atoms with E-state index in [-0.39, 0.29) is 18.2 Å². The average molecular weight is 382 g/mol. The number of nitrogens with two attached hydrogens (primary N) is 1. The van der Waals surface area contributed by atoms with Gasteiger partial charge in [-0.15, -0.1) is 0 Å². The number of carbonyl (C=O) groups excluding carboxylic acids is 2. The summed E-state index contributed by atoms with van der Waals surface area (Å²) >= 11 is 1.12. The van der Waals surface area contributed by atoms with Crippen LogP contribution in [-0.4, -0.2) is 28.3 Å². The zero-order valence-electron chi connectivity index (χ0n) is 14.9. The second kappa shape index (κ2) is 7.96. The molecule has 2 aromatic heterocycles. The molecule has 3 aromatic rings.